The fourth-order valence-corrected chi connectivity index (χ4v) is 3.98. The van der Waals surface area contributed by atoms with E-state index in [2.05, 4.69) is 0 Å². The van der Waals surface area contributed by atoms with Crippen molar-refractivity contribution in [2.24, 2.45) is 5.92 Å². The second-order valence-corrected chi connectivity index (χ2v) is 6.99. The molecule has 0 amide bonds. The zero-order valence-corrected chi connectivity index (χ0v) is 15.1. The summed E-state index contributed by atoms with van der Waals surface area (Å²) in [5.41, 5.74) is 2.98. The van der Waals surface area contributed by atoms with Gasteiger partial charge in [0.05, 0.1) is 0 Å². The summed E-state index contributed by atoms with van der Waals surface area (Å²) >= 11 is 0. The van der Waals surface area contributed by atoms with Crippen molar-refractivity contribution in [3.05, 3.63) is 107 Å². The Hall–Kier alpha value is -3.14. The van der Waals surface area contributed by atoms with Crippen LogP contribution in [0, 0.1) is 23.4 Å². The first-order valence-corrected chi connectivity index (χ1v) is 9.01. The highest BCUT2D eigenvalue weighted by Crippen LogP contribution is 2.50. The second-order valence-electron chi connectivity index (χ2n) is 6.99. The molecule has 1 aliphatic carbocycles. The normalized spacial score (nSPS) is 19.4. The summed E-state index contributed by atoms with van der Waals surface area (Å²) < 4.78 is 41.2. The van der Waals surface area contributed by atoms with E-state index >= 15 is 0 Å². The second kappa shape index (κ2) is 7.12. The average molecular weight is 378 g/mol. The van der Waals surface area contributed by atoms with Gasteiger partial charge in [0.1, 0.15) is 17.5 Å². The predicted octanol–water partition coefficient (Wildman–Crippen LogP) is 6.02. The number of rotatable bonds is 3. The van der Waals surface area contributed by atoms with Crippen LogP contribution in [0.4, 0.5) is 13.2 Å². The highest BCUT2D eigenvalue weighted by Gasteiger charge is 2.41. The largest absolute Gasteiger partial charge is 0.294 e. The Morgan fingerprint density at radius 3 is 1.93 bits per heavy atom. The number of hydrogen-bond acceptors (Lipinski definition) is 1. The molecule has 1 aliphatic rings. The van der Waals surface area contributed by atoms with Gasteiger partial charge in [-0.1, -0.05) is 49.4 Å². The highest BCUT2D eigenvalue weighted by molar-refractivity contribution is 6.33. The molecule has 3 aromatic rings. The zero-order valence-electron chi connectivity index (χ0n) is 15.1. The van der Waals surface area contributed by atoms with Crippen molar-refractivity contribution >= 4 is 16.9 Å². The highest BCUT2D eigenvalue weighted by atomic mass is 19.1. The molecule has 0 N–H and O–H groups in total. The number of benzene rings is 3. The summed E-state index contributed by atoms with van der Waals surface area (Å²) in [6.07, 6.45) is 0. The van der Waals surface area contributed by atoms with Crippen molar-refractivity contribution in [3.63, 3.8) is 0 Å². The maximum atomic E-state index is 13.9. The Morgan fingerprint density at radius 2 is 1.32 bits per heavy atom. The number of carbonyl (C=O) groups is 1. The van der Waals surface area contributed by atoms with Gasteiger partial charge in [0.2, 0.25) is 0 Å². The minimum atomic E-state index is -0.683. The Morgan fingerprint density at radius 1 is 0.714 bits per heavy atom. The van der Waals surface area contributed by atoms with Crippen LogP contribution in [0.1, 0.15) is 29.5 Å². The van der Waals surface area contributed by atoms with E-state index in [0.717, 1.165) is 11.6 Å². The molecule has 2 atom stereocenters. The van der Waals surface area contributed by atoms with Crippen LogP contribution >= 0.6 is 0 Å². The van der Waals surface area contributed by atoms with E-state index < -0.39 is 29.3 Å². The van der Waals surface area contributed by atoms with E-state index in [-0.39, 0.29) is 5.78 Å². The Balaban J connectivity index is 1.99. The Bertz CT molecular complexity index is 1050. The number of halogens is 3. The Labute approximate surface area is 161 Å². The molecule has 140 valence electrons. The molecule has 0 radical (unpaired) electrons. The van der Waals surface area contributed by atoms with E-state index in [0.29, 0.717) is 22.3 Å². The number of allylic oxidation sites excluding steroid dienone is 2. The van der Waals surface area contributed by atoms with Gasteiger partial charge in [-0.05, 0) is 46.5 Å². The van der Waals surface area contributed by atoms with E-state index in [1.165, 1.54) is 24.3 Å². The summed E-state index contributed by atoms with van der Waals surface area (Å²) in [6, 6.07) is 18.4. The maximum absolute atomic E-state index is 13.9. The van der Waals surface area contributed by atoms with Gasteiger partial charge >= 0.3 is 0 Å². The summed E-state index contributed by atoms with van der Waals surface area (Å²) in [4.78, 5) is 13.2. The molecule has 4 heteroatoms. The molecule has 1 unspecified atom stereocenters. The van der Waals surface area contributed by atoms with Crippen LogP contribution in [0.5, 0.6) is 0 Å². The van der Waals surface area contributed by atoms with Gasteiger partial charge in [-0.3, -0.25) is 4.79 Å². The van der Waals surface area contributed by atoms with Gasteiger partial charge in [0, 0.05) is 23.5 Å². The SMILES string of the molecule is C[C@H]1C(=O)C(c2ccc(F)cc2)=C(c2ccccc2)C1c1cc(F)cc(F)c1. The zero-order chi connectivity index (χ0) is 19.8. The fraction of sp³-hybridized carbons (Fsp3) is 0.125. The van der Waals surface area contributed by atoms with Crippen molar-refractivity contribution < 1.29 is 18.0 Å². The van der Waals surface area contributed by atoms with Gasteiger partial charge in [0.25, 0.3) is 0 Å². The molecule has 4 rings (SSSR count). The lowest BCUT2D eigenvalue weighted by molar-refractivity contribution is -0.116. The third-order valence-corrected chi connectivity index (χ3v) is 5.20. The van der Waals surface area contributed by atoms with Crippen LogP contribution in [0.15, 0.2) is 72.8 Å². The van der Waals surface area contributed by atoms with Crippen LogP contribution < -0.4 is 0 Å². The summed E-state index contributed by atoms with van der Waals surface area (Å²) in [5, 5.41) is 0. The topological polar surface area (TPSA) is 17.1 Å². The quantitative estimate of drug-likeness (QED) is 0.545. The first kappa shape index (κ1) is 18.2. The molecule has 0 spiro atoms. The monoisotopic (exact) mass is 378 g/mol. The van der Waals surface area contributed by atoms with Crippen molar-refractivity contribution in [3.8, 4) is 0 Å². The standard InChI is InChI=1S/C24H17F3O/c1-14-21(17-11-19(26)13-20(27)12-17)22(15-5-3-2-4-6-15)23(24(14)28)16-7-9-18(25)10-8-16/h2-14,21H,1H3/t14-,21?/m1/s1. The molecule has 0 saturated heterocycles. The van der Waals surface area contributed by atoms with Crippen molar-refractivity contribution in [2.75, 3.05) is 0 Å². The van der Waals surface area contributed by atoms with Crippen molar-refractivity contribution in [1.29, 1.82) is 0 Å². The minimum absolute atomic E-state index is 0.125. The molecule has 28 heavy (non-hydrogen) atoms. The minimum Gasteiger partial charge on any atom is -0.294 e. The molecule has 0 saturated carbocycles. The van der Waals surface area contributed by atoms with Crippen LogP contribution in [0.2, 0.25) is 0 Å². The van der Waals surface area contributed by atoms with Gasteiger partial charge < -0.3 is 0 Å². The van der Waals surface area contributed by atoms with Crippen molar-refractivity contribution in [1.82, 2.24) is 0 Å². The molecular formula is C24H17F3O. The number of hydrogen-bond donors (Lipinski definition) is 0. The summed E-state index contributed by atoms with van der Waals surface area (Å²) in [5.74, 6) is -2.89. The first-order chi connectivity index (χ1) is 13.5. The lowest BCUT2D eigenvalue weighted by atomic mass is 9.82. The number of carbonyl (C=O) groups excluding carboxylic acids is 1. The summed E-state index contributed by atoms with van der Waals surface area (Å²) in [7, 11) is 0. The lowest BCUT2D eigenvalue weighted by Gasteiger charge is -2.20. The van der Waals surface area contributed by atoms with Gasteiger partial charge in [0.15, 0.2) is 5.78 Å². The lowest BCUT2D eigenvalue weighted by Crippen LogP contribution is -2.13. The molecule has 0 aliphatic heterocycles. The predicted molar refractivity (Wildman–Crippen MR) is 103 cm³/mol. The first-order valence-electron chi connectivity index (χ1n) is 9.01. The molecule has 3 aromatic carbocycles. The molecule has 1 nitrogen and oxygen atoms in total. The third-order valence-electron chi connectivity index (χ3n) is 5.20. The smallest absolute Gasteiger partial charge is 0.167 e. The van der Waals surface area contributed by atoms with Gasteiger partial charge in [-0.15, -0.1) is 0 Å². The number of Topliss-reactive ketones (excluding diaryl/α,β-unsaturated/α-hetero) is 1. The molecule has 0 heterocycles. The van der Waals surface area contributed by atoms with Crippen LogP contribution in [0.3, 0.4) is 0 Å². The molecule has 0 bridgehead atoms. The molecular weight excluding hydrogens is 361 g/mol. The van der Waals surface area contributed by atoms with Gasteiger partial charge in [-0.2, -0.15) is 0 Å². The number of ketones is 1. The fourth-order valence-electron chi connectivity index (χ4n) is 3.98. The third kappa shape index (κ3) is 3.15. The Kier molecular flexibility index (Phi) is 4.63. The van der Waals surface area contributed by atoms with Crippen LogP contribution in [-0.2, 0) is 4.79 Å². The van der Waals surface area contributed by atoms with Crippen LogP contribution in [-0.4, -0.2) is 5.78 Å². The summed E-state index contributed by atoms with van der Waals surface area (Å²) in [6.45, 7) is 1.76. The van der Waals surface area contributed by atoms with Crippen molar-refractivity contribution in [2.45, 2.75) is 12.8 Å². The van der Waals surface area contributed by atoms with Gasteiger partial charge in [-0.25, -0.2) is 13.2 Å². The maximum Gasteiger partial charge on any atom is 0.167 e. The average Bonchev–Trinajstić information content (AvgIpc) is 2.94. The van der Waals surface area contributed by atoms with Crippen LogP contribution in [0.25, 0.3) is 11.1 Å². The van der Waals surface area contributed by atoms with E-state index in [1.807, 2.05) is 30.3 Å². The van der Waals surface area contributed by atoms with E-state index in [4.69, 9.17) is 0 Å². The van der Waals surface area contributed by atoms with E-state index in [9.17, 15) is 18.0 Å². The van der Waals surface area contributed by atoms with E-state index in [1.54, 1.807) is 19.1 Å². The molecule has 0 fully saturated rings. The molecule has 0 aromatic heterocycles.